The zero-order chi connectivity index (χ0) is 12.3. The highest BCUT2D eigenvalue weighted by atomic mass is 32.5. The molecule has 3 nitrogen and oxygen atoms in total. The summed E-state index contributed by atoms with van der Waals surface area (Å²) in [7, 11) is 0. The van der Waals surface area contributed by atoms with Gasteiger partial charge in [0.1, 0.15) is 0 Å². The lowest BCUT2D eigenvalue weighted by Crippen LogP contribution is -2.02. The van der Waals surface area contributed by atoms with E-state index in [4.69, 9.17) is 25.4 Å². The summed E-state index contributed by atoms with van der Waals surface area (Å²) < 4.78 is 16.5. The quantitative estimate of drug-likeness (QED) is 0.320. The lowest BCUT2D eigenvalue weighted by molar-refractivity contribution is 0.163. The Balaban J connectivity index is 4.02. The van der Waals surface area contributed by atoms with Gasteiger partial charge in [-0.15, -0.1) is 6.58 Å². The van der Waals surface area contributed by atoms with Gasteiger partial charge in [-0.05, 0) is 24.6 Å². The molecule has 16 heavy (non-hydrogen) atoms. The van der Waals surface area contributed by atoms with Crippen molar-refractivity contribution in [2.75, 3.05) is 19.8 Å². The molecule has 0 spiro atoms. The average Bonchev–Trinajstić information content (AvgIpc) is 2.27. The summed E-state index contributed by atoms with van der Waals surface area (Å²) in [6.07, 6.45) is 5.77. The zero-order valence-corrected chi connectivity index (χ0v) is 12.0. The molecular formula is C11H23O3PS. The molecule has 0 aromatic heterocycles. The smallest absolute Gasteiger partial charge is 0.309 e. The first-order valence-electron chi connectivity index (χ1n) is 5.83. The van der Waals surface area contributed by atoms with E-state index in [1.165, 1.54) is 0 Å². The Labute approximate surface area is 104 Å². The van der Waals surface area contributed by atoms with Gasteiger partial charge >= 0.3 is 6.72 Å². The van der Waals surface area contributed by atoms with Crippen LogP contribution in [0.2, 0.25) is 0 Å². The number of hydrogen-bond donors (Lipinski definition) is 0. The van der Waals surface area contributed by atoms with E-state index in [1.54, 1.807) is 6.08 Å². The lowest BCUT2D eigenvalue weighted by Gasteiger charge is -2.21. The molecular weight excluding hydrogens is 243 g/mol. The fourth-order valence-corrected chi connectivity index (χ4v) is 2.74. The van der Waals surface area contributed by atoms with Crippen molar-refractivity contribution in [2.24, 2.45) is 0 Å². The maximum absolute atomic E-state index is 5.55. The van der Waals surface area contributed by atoms with Crippen molar-refractivity contribution < 1.29 is 13.6 Å². The van der Waals surface area contributed by atoms with Crippen molar-refractivity contribution >= 4 is 18.5 Å². The third-order valence-electron chi connectivity index (χ3n) is 1.85. The van der Waals surface area contributed by atoms with Crippen molar-refractivity contribution in [2.45, 2.75) is 39.5 Å². The van der Waals surface area contributed by atoms with Crippen LogP contribution in [0, 0.1) is 0 Å². The predicted molar refractivity (Wildman–Crippen MR) is 72.2 cm³/mol. The van der Waals surface area contributed by atoms with Gasteiger partial charge in [-0.2, -0.15) is 0 Å². The molecule has 0 rings (SSSR count). The van der Waals surface area contributed by atoms with E-state index in [0.717, 1.165) is 25.7 Å². The maximum Gasteiger partial charge on any atom is 0.327 e. The van der Waals surface area contributed by atoms with Crippen LogP contribution < -0.4 is 0 Å². The maximum atomic E-state index is 5.55. The van der Waals surface area contributed by atoms with Crippen molar-refractivity contribution in [1.82, 2.24) is 0 Å². The van der Waals surface area contributed by atoms with Gasteiger partial charge in [-0.3, -0.25) is 0 Å². The first kappa shape index (κ1) is 16.3. The van der Waals surface area contributed by atoms with Crippen LogP contribution >= 0.6 is 6.72 Å². The molecule has 5 heteroatoms. The third-order valence-corrected chi connectivity index (χ3v) is 4.26. The molecule has 0 saturated carbocycles. The van der Waals surface area contributed by atoms with Crippen molar-refractivity contribution in [3.05, 3.63) is 12.7 Å². The number of rotatable bonds is 11. The molecule has 0 atom stereocenters. The molecule has 0 fully saturated rings. The van der Waals surface area contributed by atoms with E-state index >= 15 is 0 Å². The lowest BCUT2D eigenvalue weighted by atomic mass is 10.4. The molecule has 0 aliphatic rings. The highest BCUT2D eigenvalue weighted by Crippen LogP contribution is 2.50. The second kappa shape index (κ2) is 10.4. The van der Waals surface area contributed by atoms with Gasteiger partial charge < -0.3 is 13.6 Å². The summed E-state index contributed by atoms with van der Waals surface area (Å²) in [6, 6.07) is 0. The topological polar surface area (TPSA) is 27.7 Å². The van der Waals surface area contributed by atoms with Gasteiger partial charge in [0.05, 0.1) is 19.8 Å². The van der Waals surface area contributed by atoms with Crippen LogP contribution in [0.5, 0.6) is 0 Å². The summed E-state index contributed by atoms with van der Waals surface area (Å²) in [6.45, 7) is 6.87. The first-order chi connectivity index (χ1) is 7.68. The zero-order valence-electron chi connectivity index (χ0n) is 10.3. The highest BCUT2D eigenvalue weighted by molar-refractivity contribution is 8.07. The van der Waals surface area contributed by atoms with Crippen LogP contribution in [0.4, 0.5) is 0 Å². The molecule has 0 saturated heterocycles. The molecule has 0 aromatic carbocycles. The third kappa shape index (κ3) is 8.43. The standard InChI is InChI=1S/C11H23O3PS/c1-4-7-10-13-15(16,12-9-6-3)14-11-8-5-2/h6H,3-5,7-11H2,1-2H3. The number of unbranched alkanes of at least 4 members (excludes halogenated alkanes) is 2. The monoisotopic (exact) mass is 266 g/mol. The normalized spacial score (nSPS) is 11.6. The average molecular weight is 266 g/mol. The minimum atomic E-state index is -2.53. The fourth-order valence-electron chi connectivity index (χ4n) is 0.897. The second-order valence-electron chi connectivity index (χ2n) is 3.41. The Morgan fingerprint density at radius 1 is 1.06 bits per heavy atom. The van der Waals surface area contributed by atoms with E-state index in [9.17, 15) is 0 Å². The molecule has 0 heterocycles. The van der Waals surface area contributed by atoms with E-state index in [-0.39, 0.29) is 0 Å². The van der Waals surface area contributed by atoms with E-state index in [0.29, 0.717) is 19.8 Å². The molecule has 0 aliphatic carbocycles. The van der Waals surface area contributed by atoms with Gasteiger partial charge in [0, 0.05) is 0 Å². The van der Waals surface area contributed by atoms with E-state index in [1.807, 2.05) is 0 Å². The Morgan fingerprint density at radius 3 is 1.94 bits per heavy atom. The Hall–Kier alpha value is 0.270. The second-order valence-corrected chi connectivity index (χ2v) is 6.42. The number of hydrogen-bond acceptors (Lipinski definition) is 4. The molecule has 0 bridgehead atoms. The van der Waals surface area contributed by atoms with Crippen LogP contribution in [0.1, 0.15) is 39.5 Å². The SMILES string of the molecule is C=CCOP(=S)(OCCCC)OCCCC. The van der Waals surface area contributed by atoms with Crippen LogP contribution in [0.25, 0.3) is 0 Å². The van der Waals surface area contributed by atoms with E-state index < -0.39 is 6.72 Å². The summed E-state index contributed by atoms with van der Waals surface area (Å²) in [5.41, 5.74) is 0. The minimum absolute atomic E-state index is 0.384. The van der Waals surface area contributed by atoms with Gasteiger partial charge in [0.25, 0.3) is 0 Å². The minimum Gasteiger partial charge on any atom is -0.309 e. The summed E-state index contributed by atoms with van der Waals surface area (Å²) >= 11 is 5.29. The van der Waals surface area contributed by atoms with Gasteiger partial charge in [0.15, 0.2) is 0 Å². The van der Waals surface area contributed by atoms with Crippen LogP contribution in [0.3, 0.4) is 0 Å². The van der Waals surface area contributed by atoms with Gasteiger partial charge in [0.2, 0.25) is 0 Å². The largest absolute Gasteiger partial charge is 0.327 e. The van der Waals surface area contributed by atoms with Crippen molar-refractivity contribution in [1.29, 1.82) is 0 Å². The predicted octanol–water partition coefficient (Wildman–Crippen LogP) is 4.05. The molecule has 0 amide bonds. The Morgan fingerprint density at radius 2 is 1.56 bits per heavy atom. The Kier molecular flexibility index (Phi) is 10.6. The van der Waals surface area contributed by atoms with Gasteiger partial charge in [-0.1, -0.05) is 32.8 Å². The fraction of sp³-hybridized carbons (Fsp3) is 0.818. The van der Waals surface area contributed by atoms with Gasteiger partial charge in [-0.25, -0.2) is 0 Å². The summed E-state index contributed by atoms with van der Waals surface area (Å²) in [4.78, 5) is 0. The molecule has 0 N–H and O–H groups in total. The van der Waals surface area contributed by atoms with Crippen LogP contribution in [0.15, 0.2) is 12.7 Å². The highest BCUT2D eigenvalue weighted by Gasteiger charge is 2.19. The van der Waals surface area contributed by atoms with Crippen LogP contribution in [-0.2, 0) is 25.4 Å². The molecule has 0 aromatic rings. The first-order valence-corrected chi connectivity index (χ1v) is 8.38. The summed E-state index contributed by atoms with van der Waals surface area (Å²) in [5, 5.41) is 0. The van der Waals surface area contributed by atoms with E-state index in [2.05, 4.69) is 20.4 Å². The Bertz CT molecular complexity index is 207. The molecule has 0 radical (unpaired) electrons. The van der Waals surface area contributed by atoms with Crippen molar-refractivity contribution in [3.8, 4) is 0 Å². The molecule has 96 valence electrons. The molecule has 0 aliphatic heterocycles. The molecule has 0 unspecified atom stereocenters. The summed E-state index contributed by atoms with van der Waals surface area (Å²) in [5.74, 6) is 0. The van der Waals surface area contributed by atoms with Crippen LogP contribution in [-0.4, -0.2) is 19.8 Å². The van der Waals surface area contributed by atoms with Crippen molar-refractivity contribution in [3.63, 3.8) is 0 Å².